The Bertz CT molecular complexity index is 752. The van der Waals surface area contributed by atoms with Gasteiger partial charge in [-0.2, -0.15) is 5.26 Å². The molecule has 0 saturated heterocycles. The van der Waals surface area contributed by atoms with E-state index in [-0.39, 0.29) is 0 Å². The van der Waals surface area contributed by atoms with Crippen molar-refractivity contribution in [2.24, 2.45) is 0 Å². The van der Waals surface area contributed by atoms with Crippen molar-refractivity contribution in [1.82, 2.24) is 9.88 Å². The maximum atomic E-state index is 9.50. The van der Waals surface area contributed by atoms with Gasteiger partial charge in [-0.25, -0.2) is 4.98 Å². The van der Waals surface area contributed by atoms with Gasteiger partial charge in [0.2, 0.25) is 0 Å². The Labute approximate surface area is 137 Å². The van der Waals surface area contributed by atoms with Gasteiger partial charge in [-0.05, 0) is 30.3 Å². The Hall–Kier alpha value is -1.41. The number of halogens is 2. The molecule has 0 amide bonds. The molecule has 106 valence electrons. The maximum Gasteiger partial charge on any atom is 0.147 e. The van der Waals surface area contributed by atoms with Crippen LogP contribution in [0, 0.1) is 11.3 Å². The highest BCUT2D eigenvalue weighted by Crippen LogP contribution is 2.36. The van der Waals surface area contributed by atoms with E-state index in [9.17, 15) is 5.26 Å². The van der Waals surface area contributed by atoms with Crippen molar-refractivity contribution in [3.05, 3.63) is 50.7 Å². The number of nitriles is 1. The summed E-state index contributed by atoms with van der Waals surface area (Å²) in [5, 5.41) is 9.80. The summed E-state index contributed by atoms with van der Waals surface area (Å²) in [6, 6.07) is 10.2. The van der Waals surface area contributed by atoms with Gasteiger partial charge in [0, 0.05) is 35.2 Å². The SMILES string of the molecule is CN1CCc2nc(Cl)c(C#N)c(-c3cccc(Br)c3)c2C1. The van der Waals surface area contributed by atoms with E-state index < -0.39 is 0 Å². The molecule has 1 aliphatic heterocycles. The molecule has 0 spiro atoms. The number of pyridine rings is 1. The zero-order valence-electron chi connectivity index (χ0n) is 11.5. The molecule has 0 radical (unpaired) electrons. The second-order valence-electron chi connectivity index (χ2n) is 5.19. The lowest BCUT2D eigenvalue weighted by molar-refractivity contribution is 0.310. The second kappa shape index (κ2) is 5.76. The molecule has 0 fully saturated rings. The van der Waals surface area contributed by atoms with E-state index in [2.05, 4.69) is 38.9 Å². The monoisotopic (exact) mass is 361 g/mol. The Kier molecular flexibility index (Phi) is 3.99. The predicted octanol–water partition coefficient (Wildman–Crippen LogP) is 4.02. The van der Waals surface area contributed by atoms with E-state index in [1.54, 1.807) is 0 Å². The lowest BCUT2D eigenvalue weighted by Crippen LogP contribution is -2.28. The van der Waals surface area contributed by atoms with Crippen molar-refractivity contribution in [3.63, 3.8) is 0 Å². The Morgan fingerprint density at radius 2 is 2.24 bits per heavy atom. The smallest absolute Gasteiger partial charge is 0.147 e. The number of likely N-dealkylation sites (N-methyl/N-ethyl adjacent to an activating group) is 1. The van der Waals surface area contributed by atoms with Gasteiger partial charge in [0.25, 0.3) is 0 Å². The Morgan fingerprint density at radius 1 is 1.43 bits per heavy atom. The third-order valence-electron chi connectivity index (χ3n) is 3.72. The first-order chi connectivity index (χ1) is 10.1. The molecule has 2 heterocycles. The molecule has 3 rings (SSSR count). The summed E-state index contributed by atoms with van der Waals surface area (Å²) in [4.78, 5) is 6.67. The van der Waals surface area contributed by atoms with Gasteiger partial charge >= 0.3 is 0 Å². The van der Waals surface area contributed by atoms with Crippen LogP contribution >= 0.6 is 27.5 Å². The molecule has 1 aromatic carbocycles. The Morgan fingerprint density at radius 3 is 2.95 bits per heavy atom. The molecule has 0 N–H and O–H groups in total. The highest BCUT2D eigenvalue weighted by atomic mass is 79.9. The predicted molar refractivity (Wildman–Crippen MR) is 87.1 cm³/mol. The average molecular weight is 363 g/mol. The van der Waals surface area contributed by atoms with Crippen molar-refractivity contribution in [2.45, 2.75) is 13.0 Å². The molecular weight excluding hydrogens is 350 g/mol. The molecule has 0 atom stereocenters. The molecule has 0 aliphatic carbocycles. The molecular formula is C16H13BrClN3. The average Bonchev–Trinajstić information content (AvgIpc) is 2.46. The van der Waals surface area contributed by atoms with Gasteiger partial charge in [-0.15, -0.1) is 0 Å². The normalized spacial score (nSPS) is 14.6. The largest absolute Gasteiger partial charge is 0.302 e. The highest BCUT2D eigenvalue weighted by Gasteiger charge is 2.24. The molecule has 2 aromatic rings. The fourth-order valence-corrected chi connectivity index (χ4v) is 3.37. The van der Waals surface area contributed by atoms with Crippen LogP contribution in [-0.4, -0.2) is 23.5 Å². The summed E-state index contributed by atoms with van der Waals surface area (Å²) < 4.78 is 0.981. The van der Waals surface area contributed by atoms with Gasteiger partial charge in [0.1, 0.15) is 11.2 Å². The second-order valence-corrected chi connectivity index (χ2v) is 6.46. The fraction of sp³-hybridized carbons (Fsp3) is 0.250. The first-order valence-corrected chi connectivity index (χ1v) is 7.83. The summed E-state index contributed by atoms with van der Waals surface area (Å²) in [5.74, 6) is 0. The molecule has 0 saturated carbocycles. The van der Waals surface area contributed by atoms with Crippen LogP contribution in [0.15, 0.2) is 28.7 Å². The molecule has 21 heavy (non-hydrogen) atoms. The Balaban J connectivity index is 2.31. The number of fused-ring (bicyclic) bond motifs is 1. The van der Waals surface area contributed by atoms with Gasteiger partial charge in [0.05, 0.1) is 5.56 Å². The number of benzene rings is 1. The van der Waals surface area contributed by atoms with E-state index in [0.29, 0.717) is 10.7 Å². The van der Waals surface area contributed by atoms with E-state index >= 15 is 0 Å². The maximum absolute atomic E-state index is 9.50. The topological polar surface area (TPSA) is 39.9 Å². The van der Waals surface area contributed by atoms with Crippen LogP contribution in [0.2, 0.25) is 5.15 Å². The van der Waals surface area contributed by atoms with Crippen LogP contribution in [0.5, 0.6) is 0 Å². The van der Waals surface area contributed by atoms with E-state index in [4.69, 9.17) is 11.6 Å². The third kappa shape index (κ3) is 2.69. The summed E-state index contributed by atoms with van der Waals surface area (Å²) in [5.41, 5.74) is 4.50. The first kappa shape index (κ1) is 14.5. The summed E-state index contributed by atoms with van der Waals surface area (Å²) in [6.45, 7) is 1.75. The van der Waals surface area contributed by atoms with Crippen molar-refractivity contribution >= 4 is 27.5 Å². The molecule has 1 aliphatic rings. The minimum atomic E-state index is 0.302. The van der Waals surface area contributed by atoms with Crippen LogP contribution in [0.3, 0.4) is 0 Å². The fourth-order valence-electron chi connectivity index (χ4n) is 2.73. The summed E-state index contributed by atoms with van der Waals surface area (Å²) >= 11 is 9.72. The third-order valence-corrected chi connectivity index (χ3v) is 4.49. The van der Waals surface area contributed by atoms with Crippen molar-refractivity contribution in [1.29, 1.82) is 5.26 Å². The molecule has 5 heteroatoms. The van der Waals surface area contributed by atoms with E-state index in [0.717, 1.165) is 46.4 Å². The van der Waals surface area contributed by atoms with Gasteiger partial charge < -0.3 is 4.90 Å². The van der Waals surface area contributed by atoms with Gasteiger partial charge in [-0.3, -0.25) is 0 Å². The van der Waals surface area contributed by atoms with Crippen LogP contribution in [0.4, 0.5) is 0 Å². The van der Waals surface area contributed by atoms with Crippen LogP contribution in [0.25, 0.3) is 11.1 Å². The number of rotatable bonds is 1. The van der Waals surface area contributed by atoms with Crippen molar-refractivity contribution < 1.29 is 0 Å². The van der Waals surface area contributed by atoms with Crippen LogP contribution < -0.4 is 0 Å². The molecule has 0 bridgehead atoms. The van der Waals surface area contributed by atoms with Crippen LogP contribution in [-0.2, 0) is 13.0 Å². The van der Waals surface area contributed by atoms with Gasteiger partial charge in [0.15, 0.2) is 0 Å². The highest BCUT2D eigenvalue weighted by molar-refractivity contribution is 9.10. The minimum absolute atomic E-state index is 0.302. The zero-order chi connectivity index (χ0) is 15.0. The molecule has 1 aromatic heterocycles. The number of aromatic nitrogens is 1. The first-order valence-electron chi connectivity index (χ1n) is 6.66. The minimum Gasteiger partial charge on any atom is -0.302 e. The van der Waals surface area contributed by atoms with Crippen LogP contribution in [0.1, 0.15) is 16.8 Å². The quantitative estimate of drug-likeness (QED) is 0.719. The number of hydrogen-bond donors (Lipinski definition) is 0. The number of nitrogens with zero attached hydrogens (tertiary/aromatic N) is 3. The van der Waals surface area contributed by atoms with Crippen molar-refractivity contribution in [3.8, 4) is 17.2 Å². The molecule has 0 unspecified atom stereocenters. The summed E-state index contributed by atoms with van der Waals surface area (Å²) in [7, 11) is 2.08. The lowest BCUT2D eigenvalue weighted by atomic mass is 9.92. The lowest BCUT2D eigenvalue weighted by Gasteiger charge is -2.27. The van der Waals surface area contributed by atoms with E-state index in [1.165, 1.54) is 0 Å². The van der Waals surface area contributed by atoms with E-state index in [1.807, 2.05) is 24.3 Å². The zero-order valence-corrected chi connectivity index (χ0v) is 13.9. The van der Waals surface area contributed by atoms with Gasteiger partial charge in [-0.1, -0.05) is 39.7 Å². The van der Waals surface area contributed by atoms with Crippen molar-refractivity contribution in [2.75, 3.05) is 13.6 Å². The standard InChI is InChI=1S/C16H13BrClN3/c1-21-6-5-14-13(9-21)15(12(8-19)16(18)20-14)10-3-2-4-11(17)7-10/h2-4,7H,5-6,9H2,1H3. The summed E-state index contributed by atoms with van der Waals surface area (Å²) in [6.07, 6.45) is 0.859. The number of hydrogen-bond acceptors (Lipinski definition) is 3. The molecule has 3 nitrogen and oxygen atoms in total.